The fourth-order valence-electron chi connectivity index (χ4n) is 1.64. The molecule has 0 aliphatic carbocycles. The monoisotopic (exact) mass is 289 g/mol. The van der Waals surface area contributed by atoms with Crippen LogP contribution in [-0.2, 0) is 13.0 Å². The first-order valence-corrected chi connectivity index (χ1v) is 6.28. The van der Waals surface area contributed by atoms with Gasteiger partial charge in [0.1, 0.15) is 0 Å². The van der Waals surface area contributed by atoms with Crippen LogP contribution >= 0.6 is 11.8 Å². The van der Waals surface area contributed by atoms with E-state index in [0.29, 0.717) is 0 Å². The summed E-state index contributed by atoms with van der Waals surface area (Å²) >= 11 is -0.137. The first-order valence-electron chi connectivity index (χ1n) is 5.46. The van der Waals surface area contributed by atoms with Crippen LogP contribution in [0.3, 0.4) is 0 Å². The van der Waals surface area contributed by atoms with E-state index in [2.05, 4.69) is 0 Å². The van der Waals surface area contributed by atoms with Gasteiger partial charge in [-0.2, -0.15) is 17.6 Å². The summed E-state index contributed by atoms with van der Waals surface area (Å²) in [4.78, 5) is 0.0985. The van der Waals surface area contributed by atoms with Crippen LogP contribution in [0.1, 0.15) is 5.69 Å². The molecule has 1 aromatic heterocycles. The lowest BCUT2D eigenvalue weighted by Crippen LogP contribution is -2.36. The van der Waals surface area contributed by atoms with E-state index >= 15 is 0 Å². The molecule has 0 radical (unpaired) electrons. The zero-order chi connectivity index (χ0) is 14.1. The second kappa shape index (κ2) is 4.92. The maximum absolute atomic E-state index is 13.9. The van der Waals surface area contributed by atoms with E-state index in [1.807, 2.05) is 0 Å². The Morgan fingerprint density at radius 3 is 2.11 bits per heavy atom. The van der Waals surface area contributed by atoms with Crippen LogP contribution < -0.4 is 0 Å². The lowest BCUT2D eigenvalue weighted by Gasteiger charge is -2.26. The predicted octanol–water partition coefficient (Wildman–Crippen LogP) is 4.50. The van der Waals surface area contributed by atoms with Gasteiger partial charge >= 0.3 is 11.2 Å². The Bertz CT molecular complexity index is 551. The molecule has 6 heteroatoms. The molecule has 0 fully saturated rings. The number of alkyl halides is 4. The van der Waals surface area contributed by atoms with Crippen molar-refractivity contribution in [3.8, 4) is 0 Å². The quantitative estimate of drug-likeness (QED) is 0.592. The summed E-state index contributed by atoms with van der Waals surface area (Å²) in [5, 5.41) is -4.22. The Hall–Kier alpha value is -1.43. The SMILES string of the molecule is Cn1cccc1C(F)(F)C(F)(F)Sc1ccccc1. The molecule has 1 heterocycles. The molecule has 1 nitrogen and oxygen atoms in total. The number of halogens is 4. The lowest BCUT2D eigenvalue weighted by atomic mass is 10.2. The maximum atomic E-state index is 13.9. The molecular weight excluding hydrogens is 278 g/mol. The predicted molar refractivity (Wildman–Crippen MR) is 66.6 cm³/mol. The van der Waals surface area contributed by atoms with Crippen molar-refractivity contribution in [2.45, 2.75) is 16.1 Å². The third kappa shape index (κ3) is 2.63. The highest BCUT2D eigenvalue weighted by molar-refractivity contribution is 8.00. The average molecular weight is 289 g/mol. The van der Waals surface area contributed by atoms with Gasteiger partial charge in [-0.3, -0.25) is 0 Å². The number of hydrogen-bond acceptors (Lipinski definition) is 1. The van der Waals surface area contributed by atoms with E-state index in [0.717, 1.165) is 10.6 Å². The van der Waals surface area contributed by atoms with Crippen molar-refractivity contribution < 1.29 is 17.6 Å². The second-order valence-electron chi connectivity index (χ2n) is 4.01. The Morgan fingerprint density at radius 2 is 1.58 bits per heavy atom. The van der Waals surface area contributed by atoms with Crippen molar-refractivity contribution in [2.24, 2.45) is 7.05 Å². The molecule has 2 rings (SSSR count). The molecule has 0 N–H and O–H groups in total. The van der Waals surface area contributed by atoms with E-state index in [4.69, 9.17) is 0 Å². The van der Waals surface area contributed by atoms with Crippen molar-refractivity contribution in [3.63, 3.8) is 0 Å². The number of benzene rings is 1. The molecule has 0 aliphatic rings. The highest BCUT2D eigenvalue weighted by Gasteiger charge is 2.59. The van der Waals surface area contributed by atoms with Gasteiger partial charge in [-0.15, -0.1) is 0 Å². The van der Waals surface area contributed by atoms with Gasteiger partial charge in [-0.1, -0.05) is 18.2 Å². The van der Waals surface area contributed by atoms with E-state index in [1.54, 1.807) is 6.07 Å². The topological polar surface area (TPSA) is 4.93 Å². The molecule has 19 heavy (non-hydrogen) atoms. The van der Waals surface area contributed by atoms with Gasteiger partial charge in [0, 0.05) is 18.1 Å². The standard InChI is InChI=1S/C13H11F4NS/c1-18-9-5-8-11(18)12(14,15)13(16,17)19-10-6-3-2-4-7-10/h2-9H,1H3. The average Bonchev–Trinajstić information content (AvgIpc) is 2.76. The highest BCUT2D eigenvalue weighted by Crippen LogP contribution is 2.51. The Balaban J connectivity index is 2.31. The molecule has 0 atom stereocenters. The normalized spacial score (nSPS) is 12.7. The van der Waals surface area contributed by atoms with E-state index in [9.17, 15) is 17.6 Å². The summed E-state index contributed by atoms with van der Waals surface area (Å²) in [6, 6.07) is 9.75. The summed E-state index contributed by atoms with van der Waals surface area (Å²) in [5.74, 6) is -4.24. The molecule has 0 saturated heterocycles. The van der Waals surface area contributed by atoms with E-state index < -0.39 is 16.9 Å². The summed E-state index contributed by atoms with van der Waals surface area (Å²) in [6.45, 7) is 0. The summed E-state index contributed by atoms with van der Waals surface area (Å²) in [7, 11) is 1.31. The van der Waals surface area contributed by atoms with Crippen LogP contribution in [0.15, 0.2) is 53.6 Å². The molecule has 0 aliphatic heterocycles. The zero-order valence-corrected chi connectivity index (χ0v) is 10.8. The van der Waals surface area contributed by atoms with Crippen molar-refractivity contribution in [3.05, 3.63) is 54.4 Å². The van der Waals surface area contributed by atoms with Crippen LogP contribution in [0.25, 0.3) is 0 Å². The van der Waals surface area contributed by atoms with Gasteiger partial charge < -0.3 is 4.57 Å². The Kier molecular flexibility index (Phi) is 3.62. The minimum Gasteiger partial charge on any atom is -0.349 e. The Labute approximate surface area is 112 Å². The van der Waals surface area contributed by atoms with Gasteiger partial charge in [0.2, 0.25) is 0 Å². The summed E-state index contributed by atoms with van der Waals surface area (Å²) in [5.41, 5.74) is -0.707. The maximum Gasteiger partial charge on any atom is 0.366 e. The van der Waals surface area contributed by atoms with Crippen LogP contribution in [0.5, 0.6) is 0 Å². The summed E-state index contributed by atoms with van der Waals surface area (Å²) in [6.07, 6.45) is 1.31. The fraction of sp³-hybridized carbons (Fsp3) is 0.231. The third-order valence-corrected chi connectivity index (χ3v) is 3.64. The van der Waals surface area contributed by atoms with Crippen molar-refractivity contribution in [1.29, 1.82) is 0 Å². The molecule has 0 amide bonds. The lowest BCUT2D eigenvalue weighted by molar-refractivity contribution is -0.162. The summed E-state index contributed by atoms with van der Waals surface area (Å²) < 4.78 is 56.5. The number of nitrogens with zero attached hydrogens (tertiary/aromatic N) is 1. The van der Waals surface area contributed by atoms with Crippen molar-refractivity contribution in [2.75, 3.05) is 0 Å². The Morgan fingerprint density at radius 1 is 0.947 bits per heavy atom. The van der Waals surface area contributed by atoms with E-state index in [1.165, 1.54) is 43.6 Å². The number of aromatic nitrogens is 1. The minimum atomic E-state index is -4.24. The van der Waals surface area contributed by atoms with Crippen LogP contribution in [-0.4, -0.2) is 9.82 Å². The zero-order valence-electron chi connectivity index (χ0n) is 9.99. The van der Waals surface area contributed by atoms with Crippen LogP contribution in [0.4, 0.5) is 17.6 Å². The first kappa shape index (κ1) is 14.0. The van der Waals surface area contributed by atoms with Crippen molar-refractivity contribution in [1.82, 2.24) is 4.57 Å². The van der Waals surface area contributed by atoms with E-state index in [-0.39, 0.29) is 16.7 Å². The highest BCUT2D eigenvalue weighted by atomic mass is 32.2. The van der Waals surface area contributed by atoms with Gasteiger partial charge in [0.15, 0.2) is 0 Å². The van der Waals surface area contributed by atoms with Gasteiger partial charge in [-0.25, -0.2) is 0 Å². The molecule has 1 aromatic carbocycles. The molecule has 2 aromatic rings. The number of thioether (sulfide) groups is 1. The smallest absolute Gasteiger partial charge is 0.349 e. The largest absolute Gasteiger partial charge is 0.366 e. The molecule has 0 saturated carbocycles. The minimum absolute atomic E-state index is 0.0985. The van der Waals surface area contributed by atoms with Gasteiger partial charge in [0.25, 0.3) is 0 Å². The molecule has 0 bridgehead atoms. The molecular formula is C13H11F4NS. The molecule has 102 valence electrons. The van der Waals surface area contributed by atoms with Gasteiger partial charge in [-0.05, 0) is 36.0 Å². The second-order valence-corrected chi connectivity index (χ2v) is 5.20. The fourth-order valence-corrected chi connectivity index (χ4v) is 2.46. The van der Waals surface area contributed by atoms with Crippen molar-refractivity contribution >= 4 is 11.8 Å². The number of rotatable bonds is 4. The number of hydrogen-bond donors (Lipinski definition) is 0. The van der Waals surface area contributed by atoms with Crippen LogP contribution in [0, 0.1) is 0 Å². The number of aryl methyl sites for hydroxylation is 1. The molecule has 0 spiro atoms. The first-order chi connectivity index (χ1) is 8.84. The van der Waals surface area contributed by atoms with Crippen LogP contribution in [0.2, 0.25) is 0 Å². The molecule has 0 unspecified atom stereocenters. The third-order valence-electron chi connectivity index (χ3n) is 2.62. The van der Waals surface area contributed by atoms with Gasteiger partial charge in [0.05, 0.1) is 5.69 Å².